The second-order valence-electron chi connectivity index (χ2n) is 5.08. The van der Waals surface area contributed by atoms with Gasteiger partial charge >= 0.3 is 12.0 Å². The maximum Gasteiger partial charge on any atom is 0.321 e. The van der Waals surface area contributed by atoms with E-state index in [0.29, 0.717) is 18.7 Å². The Hall–Kier alpha value is -2.63. The first kappa shape index (κ1) is 13.4. The number of carboxylic acids is 1. The van der Waals surface area contributed by atoms with Gasteiger partial charge in [-0.2, -0.15) is 0 Å². The first-order valence-electron chi connectivity index (χ1n) is 6.77. The number of amides is 2. The first-order chi connectivity index (χ1) is 10.1. The molecule has 21 heavy (non-hydrogen) atoms. The molecule has 1 fully saturated rings. The number of nitrogens with zero attached hydrogens (tertiary/aromatic N) is 2. The summed E-state index contributed by atoms with van der Waals surface area (Å²) < 4.78 is 0. The minimum absolute atomic E-state index is 0.249. The Morgan fingerprint density at radius 3 is 2.86 bits per heavy atom. The Bertz CT molecular complexity index is 696. The molecule has 2 amide bonds. The number of para-hydroxylation sites is 1. The summed E-state index contributed by atoms with van der Waals surface area (Å²) >= 11 is 0. The molecule has 1 aliphatic rings. The molecule has 0 spiro atoms. The van der Waals surface area contributed by atoms with Gasteiger partial charge in [-0.15, -0.1) is 0 Å². The van der Waals surface area contributed by atoms with Crippen molar-refractivity contribution in [1.29, 1.82) is 0 Å². The first-order valence-corrected chi connectivity index (χ1v) is 6.77. The molecule has 108 valence electrons. The quantitative estimate of drug-likeness (QED) is 0.886. The molecule has 6 nitrogen and oxygen atoms in total. The van der Waals surface area contributed by atoms with E-state index in [1.165, 1.54) is 4.90 Å². The smallest absolute Gasteiger partial charge is 0.321 e. The summed E-state index contributed by atoms with van der Waals surface area (Å²) in [6, 6.07) is 9.05. The van der Waals surface area contributed by atoms with Gasteiger partial charge in [0.15, 0.2) is 0 Å². The minimum Gasteiger partial charge on any atom is -0.481 e. The number of rotatable bonds is 2. The second kappa shape index (κ2) is 5.40. The maximum atomic E-state index is 12.2. The maximum absolute atomic E-state index is 12.2. The zero-order valence-corrected chi connectivity index (χ0v) is 11.3. The van der Waals surface area contributed by atoms with Crippen LogP contribution in [-0.4, -0.2) is 40.1 Å². The number of urea groups is 1. The highest BCUT2D eigenvalue weighted by molar-refractivity contribution is 5.99. The van der Waals surface area contributed by atoms with Crippen molar-refractivity contribution in [1.82, 2.24) is 9.88 Å². The van der Waals surface area contributed by atoms with Crippen LogP contribution in [-0.2, 0) is 4.79 Å². The van der Waals surface area contributed by atoms with Crippen LogP contribution in [0.1, 0.15) is 6.42 Å². The van der Waals surface area contributed by atoms with E-state index in [1.54, 1.807) is 12.3 Å². The normalized spacial score (nSPS) is 17.9. The molecule has 0 radical (unpaired) electrons. The van der Waals surface area contributed by atoms with Crippen molar-refractivity contribution >= 4 is 28.6 Å². The van der Waals surface area contributed by atoms with Crippen molar-refractivity contribution in [2.45, 2.75) is 6.42 Å². The summed E-state index contributed by atoms with van der Waals surface area (Å²) in [5.74, 6) is -1.32. The van der Waals surface area contributed by atoms with E-state index < -0.39 is 11.9 Å². The lowest BCUT2D eigenvalue weighted by Gasteiger charge is -2.17. The van der Waals surface area contributed by atoms with Crippen LogP contribution in [0.25, 0.3) is 10.9 Å². The van der Waals surface area contributed by atoms with Crippen LogP contribution in [0.4, 0.5) is 10.5 Å². The Morgan fingerprint density at radius 1 is 1.29 bits per heavy atom. The number of aliphatic carboxylic acids is 1. The highest BCUT2D eigenvalue weighted by Crippen LogP contribution is 2.22. The van der Waals surface area contributed by atoms with Gasteiger partial charge in [-0.25, -0.2) is 4.79 Å². The molecule has 1 unspecified atom stereocenters. The van der Waals surface area contributed by atoms with Crippen LogP contribution in [0, 0.1) is 5.92 Å². The molecule has 1 saturated heterocycles. The number of nitrogens with one attached hydrogen (secondary N) is 1. The van der Waals surface area contributed by atoms with Gasteiger partial charge in [-0.05, 0) is 18.6 Å². The minimum atomic E-state index is -0.850. The standard InChI is InChI=1S/C15H15N3O3/c19-14(20)11-6-8-18(9-11)15(21)17-12-5-1-3-10-4-2-7-16-13(10)12/h1-5,7,11H,6,8-9H2,(H,17,21)(H,19,20). The van der Waals surface area contributed by atoms with E-state index in [4.69, 9.17) is 5.11 Å². The van der Waals surface area contributed by atoms with Crippen LogP contribution in [0.2, 0.25) is 0 Å². The Morgan fingerprint density at radius 2 is 2.10 bits per heavy atom. The van der Waals surface area contributed by atoms with Crippen LogP contribution < -0.4 is 5.32 Å². The van der Waals surface area contributed by atoms with Crippen molar-refractivity contribution in [3.05, 3.63) is 36.5 Å². The van der Waals surface area contributed by atoms with Crippen molar-refractivity contribution in [3.8, 4) is 0 Å². The summed E-state index contributed by atoms with van der Waals surface area (Å²) in [6.07, 6.45) is 2.17. The number of carbonyl (C=O) groups excluding carboxylic acids is 1. The molecule has 1 aromatic carbocycles. The molecule has 2 heterocycles. The number of anilines is 1. The molecular formula is C15H15N3O3. The van der Waals surface area contributed by atoms with Crippen LogP contribution in [0.3, 0.4) is 0 Å². The number of carbonyl (C=O) groups is 2. The number of hydrogen-bond acceptors (Lipinski definition) is 3. The summed E-state index contributed by atoms with van der Waals surface area (Å²) in [6.45, 7) is 0.709. The number of likely N-dealkylation sites (tertiary alicyclic amines) is 1. The van der Waals surface area contributed by atoms with E-state index in [1.807, 2.05) is 24.3 Å². The fourth-order valence-corrected chi connectivity index (χ4v) is 2.55. The van der Waals surface area contributed by atoms with Gasteiger partial charge in [0, 0.05) is 24.7 Å². The van der Waals surface area contributed by atoms with E-state index in [-0.39, 0.29) is 12.6 Å². The van der Waals surface area contributed by atoms with Gasteiger partial charge in [0.2, 0.25) is 0 Å². The largest absolute Gasteiger partial charge is 0.481 e. The van der Waals surface area contributed by atoms with E-state index in [0.717, 1.165) is 10.9 Å². The third-order valence-electron chi connectivity index (χ3n) is 3.70. The number of pyridine rings is 1. The summed E-state index contributed by atoms with van der Waals surface area (Å²) in [5, 5.41) is 12.7. The van der Waals surface area contributed by atoms with Crippen LogP contribution >= 0.6 is 0 Å². The van der Waals surface area contributed by atoms with E-state index in [2.05, 4.69) is 10.3 Å². The van der Waals surface area contributed by atoms with Crippen LogP contribution in [0.15, 0.2) is 36.5 Å². The van der Waals surface area contributed by atoms with Gasteiger partial charge in [0.1, 0.15) is 0 Å². The van der Waals surface area contributed by atoms with Gasteiger partial charge in [-0.1, -0.05) is 18.2 Å². The summed E-state index contributed by atoms with van der Waals surface area (Å²) in [5.41, 5.74) is 1.36. The fraction of sp³-hybridized carbons (Fsp3) is 0.267. The lowest BCUT2D eigenvalue weighted by Crippen LogP contribution is -2.33. The molecule has 3 rings (SSSR count). The lowest BCUT2D eigenvalue weighted by molar-refractivity contribution is -0.141. The fourth-order valence-electron chi connectivity index (χ4n) is 2.55. The SMILES string of the molecule is O=C(O)C1CCN(C(=O)Nc2cccc3cccnc23)C1. The molecule has 2 N–H and O–H groups in total. The highest BCUT2D eigenvalue weighted by atomic mass is 16.4. The molecule has 0 aliphatic carbocycles. The van der Waals surface area contributed by atoms with Gasteiger partial charge in [-0.3, -0.25) is 9.78 Å². The zero-order chi connectivity index (χ0) is 14.8. The van der Waals surface area contributed by atoms with Crippen molar-refractivity contribution in [3.63, 3.8) is 0 Å². The highest BCUT2D eigenvalue weighted by Gasteiger charge is 2.30. The van der Waals surface area contributed by atoms with E-state index in [9.17, 15) is 9.59 Å². The average molecular weight is 285 g/mol. The van der Waals surface area contributed by atoms with Crippen molar-refractivity contribution in [2.24, 2.45) is 5.92 Å². The predicted octanol–water partition coefficient (Wildman–Crippen LogP) is 2.17. The van der Waals surface area contributed by atoms with Gasteiger partial charge in [0.05, 0.1) is 17.1 Å². The average Bonchev–Trinajstić information content (AvgIpc) is 2.98. The van der Waals surface area contributed by atoms with Crippen molar-refractivity contribution < 1.29 is 14.7 Å². The number of fused-ring (bicyclic) bond motifs is 1. The number of hydrogen-bond donors (Lipinski definition) is 2. The number of carboxylic acid groups (broad SMARTS) is 1. The summed E-state index contributed by atoms with van der Waals surface area (Å²) in [4.78, 5) is 29.0. The molecule has 0 saturated carbocycles. The topological polar surface area (TPSA) is 82.5 Å². The molecule has 0 bridgehead atoms. The lowest BCUT2D eigenvalue weighted by atomic mass is 10.1. The molecule has 1 aromatic heterocycles. The number of benzene rings is 1. The predicted molar refractivity (Wildman–Crippen MR) is 78.1 cm³/mol. The zero-order valence-electron chi connectivity index (χ0n) is 11.3. The molecular weight excluding hydrogens is 270 g/mol. The molecule has 1 aliphatic heterocycles. The number of aromatic nitrogens is 1. The van der Waals surface area contributed by atoms with Crippen LogP contribution in [0.5, 0.6) is 0 Å². The van der Waals surface area contributed by atoms with E-state index >= 15 is 0 Å². The molecule has 2 aromatic rings. The molecule has 1 atom stereocenters. The third kappa shape index (κ3) is 2.65. The Balaban J connectivity index is 1.77. The molecule has 6 heteroatoms. The van der Waals surface area contributed by atoms with Gasteiger partial charge in [0.25, 0.3) is 0 Å². The summed E-state index contributed by atoms with van der Waals surface area (Å²) in [7, 11) is 0. The Kier molecular flexibility index (Phi) is 3.43. The monoisotopic (exact) mass is 285 g/mol. The van der Waals surface area contributed by atoms with Crippen molar-refractivity contribution in [2.75, 3.05) is 18.4 Å². The Labute approximate surface area is 121 Å². The third-order valence-corrected chi connectivity index (χ3v) is 3.70. The second-order valence-corrected chi connectivity index (χ2v) is 5.08. The van der Waals surface area contributed by atoms with Gasteiger partial charge < -0.3 is 15.3 Å².